The summed E-state index contributed by atoms with van der Waals surface area (Å²) in [6.45, 7) is 2.14. The second kappa shape index (κ2) is 14.3. The van der Waals surface area contributed by atoms with Crippen LogP contribution < -0.4 is 15.9 Å². The molecule has 2 heteroatoms. The van der Waals surface area contributed by atoms with Crippen molar-refractivity contribution in [2.75, 3.05) is 0 Å². The minimum Gasteiger partial charge on any atom is -0.107 e. The van der Waals surface area contributed by atoms with Crippen LogP contribution in [0.2, 0.25) is 0 Å². The fourth-order valence-electron chi connectivity index (χ4n) is 5.51. The Bertz CT molecular complexity index is 839. The second-order valence-corrected chi connectivity index (χ2v) is 11.9. The third kappa shape index (κ3) is 7.93. The summed E-state index contributed by atoms with van der Waals surface area (Å²) in [5.74, 6) is 2.28. The average Bonchev–Trinajstić information content (AvgIpc) is 2.88. The Balaban J connectivity index is 0.000000202. The molecule has 0 bridgehead atoms. The molecule has 3 aromatic carbocycles. The Morgan fingerprint density at radius 1 is 0.485 bits per heavy atom. The van der Waals surface area contributed by atoms with E-state index in [0.717, 1.165) is 11.8 Å². The Hall–Kier alpha value is -1.18. The molecule has 0 atom stereocenters. The maximum absolute atomic E-state index is 2.26. The molecule has 3 aromatic rings. The molecule has 2 fully saturated rings. The number of hydrogen-bond donors (Lipinski definition) is 0. The van der Waals surface area contributed by atoms with Crippen LogP contribution in [0.25, 0.3) is 0 Å². The summed E-state index contributed by atoms with van der Waals surface area (Å²) in [7, 11) is -0.458. The van der Waals surface area contributed by atoms with Gasteiger partial charge in [-0.25, -0.2) is 0 Å². The number of benzene rings is 3. The van der Waals surface area contributed by atoms with Gasteiger partial charge in [0.2, 0.25) is 0 Å². The van der Waals surface area contributed by atoms with Crippen molar-refractivity contribution in [3.63, 3.8) is 0 Å². The van der Waals surface area contributed by atoms with Crippen molar-refractivity contribution in [2.45, 2.75) is 71.1 Å². The first-order chi connectivity index (χ1) is 15.8. The second-order valence-electron chi connectivity index (χ2n) is 9.64. The highest BCUT2D eigenvalue weighted by Crippen LogP contribution is 2.38. The van der Waals surface area contributed by atoms with Crippen LogP contribution in [-0.2, 0) is 0 Å². The fraction of sp³-hybridized carbons (Fsp3) is 0.419. The van der Waals surface area contributed by atoms with Gasteiger partial charge in [-0.05, 0) is 42.6 Å². The minimum atomic E-state index is -0.458. The van der Waals surface area contributed by atoms with Crippen LogP contribution in [0.3, 0.4) is 0 Å². The minimum absolute atomic E-state index is 0. The highest BCUT2D eigenvalue weighted by Gasteiger charge is 2.24. The zero-order valence-corrected chi connectivity index (χ0v) is 23.4. The molecule has 5 rings (SSSR count). The van der Waals surface area contributed by atoms with E-state index in [0.29, 0.717) is 0 Å². The smallest absolute Gasteiger partial charge is 0.0134 e. The van der Waals surface area contributed by atoms with Crippen molar-refractivity contribution in [1.29, 1.82) is 0 Å². The normalized spacial score (nSPS) is 17.0. The van der Waals surface area contributed by atoms with E-state index in [2.05, 4.69) is 91.9 Å². The molecule has 0 nitrogen and oxygen atoms in total. The number of hydrogen-bond acceptors (Lipinski definition) is 0. The van der Waals surface area contributed by atoms with E-state index >= 15 is 0 Å². The van der Waals surface area contributed by atoms with Crippen LogP contribution in [-0.4, -0.2) is 0 Å². The predicted octanol–water partition coefficient (Wildman–Crippen LogP) is 8.52. The Morgan fingerprint density at radius 3 is 1.24 bits per heavy atom. The van der Waals surface area contributed by atoms with E-state index in [9.17, 15) is 0 Å². The van der Waals surface area contributed by atoms with Crippen LogP contribution >= 0.6 is 31.9 Å². The predicted molar refractivity (Wildman–Crippen MR) is 158 cm³/mol. The molecule has 2 aliphatic rings. The molecule has 0 heterocycles. The molecule has 0 amide bonds. The molecule has 0 aromatic heterocycles. The lowest BCUT2D eigenvalue weighted by molar-refractivity contribution is 0.196. The van der Waals surface area contributed by atoms with E-state index in [1.165, 1.54) is 60.0 Å². The highest BCUT2D eigenvalue weighted by atomic mass is 127. The van der Waals surface area contributed by atoms with E-state index < -0.39 is 7.92 Å². The summed E-state index contributed by atoms with van der Waals surface area (Å²) in [5.41, 5.74) is 1.31. The summed E-state index contributed by atoms with van der Waals surface area (Å²) in [6.07, 6.45) is 15.4. The molecule has 2 aliphatic carbocycles. The number of aryl methyl sites for hydroxylation is 1. The molecule has 0 spiro atoms. The Kier molecular flexibility index (Phi) is 11.4. The van der Waals surface area contributed by atoms with Crippen molar-refractivity contribution in [3.05, 3.63) is 90.5 Å². The van der Waals surface area contributed by atoms with Crippen LogP contribution in [0, 0.1) is 18.8 Å². The third-order valence-corrected chi connectivity index (χ3v) is 9.73. The maximum atomic E-state index is 2.26. The maximum Gasteiger partial charge on any atom is -0.0134 e. The summed E-state index contributed by atoms with van der Waals surface area (Å²) < 4.78 is 0. The van der Waals surface area contributed by atoms with Gasteiger partial charge in [0.25, 0.3) is 0 Å². The molecule has 176 valence electrons. The monoisotopic (exact) mass is 570 g/mol. The lowest BCUT2D eigenvalue weighted by Gasteiger charge is -2.32. The molecule has 0 saturated heterocycles. The molecule has 33 heavy (non-hydrogen) atoms. The fourth-order valence-corrected chi connectivity index (χ4v) is 7.79. The Labute approximate surface area is 220 Å². The van der Waals surface area contributed by atoms with Gasteiger partial charge in [0.1, 0.15) is 0 Å². The first-order valence-electron chi connectivity index (χ1n) is 12.8. The molecule has 2 saturated carbocycles. The van der Waals surface area contributed by atoms with Crippen LogP contribution in [0.4, 0.5) is 0 Å². The van der Waals surface area contributed by atoms with Gasteiger partial charge in [-0.1, -0.05) is 155 Å². The van der Waals surface area contributed by atoms with Gasteiger partial charge in [0.05, 0.1) is 0 Å². The van der Waals surface area contributed by atoms with Crippen molar-refractivity contribution in [1.82, 2.24) is 0 Å². The lowest BCUT2D eigenvalue weighted by Crippen LogP contribution is -2.20. The molecule has 0 radical (unpaired) electrons. The van der Waals surface area contributed by atoms with Crippen LogP contribution in [0.5, 0.6) is 0 Å². The largest absolute Gasteiger partial charge is 0.107 e. The van der Waals surface area contributed by atoms with Crippen molar-refractivity contribution in [2.24, 2.45) is 11.8 Å². The first kappa shape index (κ1) is 26.4. The summed E-state index contributed by atoms with van der Waals surface area (Å²) >= 11 is 0. The molecular formula is C31H40IP. The third-order valence-electron chi connectivity index (χ3n) is 7.29. The molecule has 0 unspecified atom stereocenters. The highest BCUT2D eigenvalue weighted by molar-refractivity contribution is 14.0. The van der Waals surface area contributed by atoms with E-state index in [-0.39, 0.29) is 24.0 Å². The molecule has 0 N–H and O–H groups in total. The number of rotatable bonds is 4. The SMILES string of the molecule is C1CCC(C2CCCCC2)CC1.Cc1ccc(P(c2ccccc2)c2ccccc2)cc1.I. The zero-order chi connectivity index (χ0) is 22.0. The van der Waals surface area contributed by atoms with Gasteiger partial charge >= 0.3 is 0 Å². The standard InChI is InChI=1S/C19H17P.C12H22.HI/c1-16-12-14-19(15-13-16)20(17-8-4-2-5-9-17)18-10-6-3-7-11-18;1-3-7-11(8-4-1)12-9-5-2-6-10-12;/h2-15H,1H3;11-12H,1-10H2;1H. The van der Waals surface area contributed by atoms with Gasteiger partial charge in [0.15, 0.2) is 0 Å². The zero-order valence-electron chi connectivity index (χ0n) is 20.2. The first-order valence-corrected chi connectivity index (χ1v) is 14.1. The summed E-state index contributed by atoms with van der Waals surface area (Å²) in [6, 6.07) is 30.5. The van der Waals surface area contributed by atoms with E-state index in [1.807, 2.05) is 0 Å². The van der Waals surface area contributed by atoms with Crippen molar-refractivity contribution < 1.29 is 0 Å². The van der Waals surface area contributed by atoms with Gasteiger partial charge in [0, 0.05) is 0 Å². The van der Waals surface area contributed by atoms with Crippen LogP contribution in [0.1, 0.15) is 69.8 Å². The Morgan fingerprint density at radius 2 is 0.848 bits per heavy atom. The van der Waals surface area contributed by atoms with Gasteiger partial charge in [-0.3, -0.25) is 0 Å². The van der Waals surface area contributed by atoms with Gasteiger partial charge < -0.3 is 0 Å². The topological polar surface area (TPSA) is 0 Å². The van der Waals surface area contributed by atoms with E-state index in [4.69, 9.17) is 0 Å². The van der Waals surface area contributed by atoms with Crippen molar-refractivity contribution in [3.8, 4) is 0 Å². The summed E-state index contributed by atoms with van der Waals surface area (Å²) in [5, 5.41) is 4.21. The summed E-state index contributed by atoms with van der Waals surface area (Å²) in [4.78, 5) is 0. The average molecular weight is 571 g/mol. The molecule has 0 aliphatic heterocycles. The van der Waals surface area contributed by atoms with Crippen LogP contribution in [0.15, 0.2) is 84.9 Å². The van der Waals surface area contributed by atoms with Gasteiger partial charge in [-0.15, -0.1) is 24.0 Å². The lowest BCUT2D eigenvalue weighted by atomic mass is 9.73. The van der Waals surface area contributed by atoms with E-state index in [1.54, 1.807) is 25.7 Å². The van der Waals surface area contributed by atoms with Crippen molar-refractivity contribution >= 4 is 47.8 Å². The quantitative estimate of drug-likeness (QED) is 0.218. The molecular weight excluding hydrogens is 530 g/mol. The number of halogens is 1. The van der Waals surface area contributed by atoms with Gasteiger partial charge in [-0.2, -0.15) is 0 Å².